The van der Waals surface area contributed by atoms with Gasteiger partial charge in [0.2, 0.25) is 0 Å². The largest absolute Gasteiger partial charge is 0.463 e. The Balaban J connectivity index is 1.94. The van der Waals surface area contributed by atoms with Crippen LogP contribution in [0.1, 0.15) is 73.6 Å². The van der Waals surface area contributed by atoms with Gasteiger partial charge in [0.25, 0.3) is 0 Å². The van der Waals surface area contributed by atoms with Crippen molar-refractivity contribution in [3.63, 3.8) is 0 Å². The molecule has 2 heteroatoms. The Bertz CT molecular complexity index is 581. The predicted octanol–water partition coefficient (Wildman–Crippen LogP) is 5.68. The van der Waals surface area contributed by atoms with Gasteiger partial charge < -0.3 is 4.74 Å². The fraction of sp³-hybridized carbons (Fsp3) is 0.773. The first kappa shape index (κ1) is 17.8. The number of rotatable bonds is 2. The van der Waals surface area contributed by atoms with Gasteiger partial charge in [-0.3, -0.25) is 4.79 Å². The van der Waals surface area contributed by atoms with Crippen LogP contribution in [0.5, 0.6) is 0 Å². The number of carbonyl (C=O) groups excluding carboxylic acids is 1. The Morgan fingerprint density at radius 1 is 1.25 bits per heavy atom. The third kappa shape index (κ3) is 2.97. The number of hydrogen-bond donors (Lipinski definition) is 0. The number of ether oxygens (including phenoxy) is 1. The summed E-state index contributed by atoms with van der Waals surface area (Å²) in [6.45, 7) is 13.4. The van der Waals surface area contributed by atoms with Crippen LogP contribution in [-0.4, -0.2) is 12.1 Å². The third-order valence-corrected chi connectivity index (χ3v) is 7.10. The van der Waals surface area contributed by atoms with Gasteiger partial charge in [0, 0.05) is 6.92 Å². The number of fused-ring (bicyclic) bond motifs is 3. The number of allylic oxidation sites excluding steroid dienone is 4. The summed E-state index contributed by atoms with van der Waals surface area (Å²) in [5, 5.41) is 0. The van der Waals surface area contributed by atoms with Gasteiger partial charge in [-0.15, -0.1) is 0 Å². The summed E-state index contributed by atoms with van der Waals surface area (Å²) >= 11 is 0. The Morgan fingerprint density at radius 2 is 1.96 bits per heavy atom. The number of carbonyl (C=O) groups is 1. The SMILES string of the molecule is CC(=O)OC1CC(C)(C)C2CC=C3C=C(C(C)C)CCC3C2(C)C1. The molecule has 0 saturated heterocycles. The first-order chi connectivity index (χ1) is 11.1. The van der Waals surface area contributed by atoms with Crippen LogP contribution in [0.15, 0.2) is 23.3 Å². The Kier molecular flexibility index (Phi) is 4.47. The van der Waals surface area contributed by atoms with Gasteiger partial charge in [0.15, 0.2) is 0 Å². The van der Waals surface area contributed by atoms with E-state index >= 15 is 0 Å². The molecular weight excluding hydrogens is 296 g/mol. The topological polar surface area (TPSA) is 26.3 Å². The molecule has 134 valence electrons. The van der Waals surface area contributed by atoms with Crippen molar-refractivity contribution in [3.05, 3.63) is 23.3 Å². The molecule has 2 nitrogen and oxygen atoms in total. The molecule has 1 saturated carbocycles. The van der Waals surface area contributed by atoms with Crippen LogP contribution in [0.2, 0.25) is 0 Å². The van der Waals surface area contributed by atoms with Crippen molar-refractivity contribution in [3.8, 4) is 0 Å². The van der Waals surface area contributed by atoms with E-state index in [-0.39, 0.29) is 22.9 Å². The van der Waals surface area contributed by atoms with Crippen LogP contribution >= 0.6 is 0 Å². The molecule has 0 radical (unpaired) electrons. The first-order valence-electron chi connectivity index (χ1n) is 9.71. The normalized spacial score (nSPS) is 37.9. The number of hydrogen-bond acceptors (Lipinski definition) is 2. The number of esters is 1. The lowest BCUT2D eigenvalue weighted by molar-refractivity contribution is -0.161. The molecule has 0 bridgehead atoms. The molecule has 24 heavy (non-hydrogen) atoms. The summed E-state index contributed by atoms with van der Waals surface area (Å²) in [4.78, 5) is 11.5. The van der Waals surface area contributed by atoms with E-state index in [2.05, 4.69) is 46.8 Å². The lowest BCUT2D eigenvalue weighted by Gasteiger charge is -2.59. The van der Waals surface area contributed by atoms with Crippen molar-refractivity contribution in [1.82, 2.24) is 0 Å². The van der Waals surface area contributed by atoms with Gasteiger partial charge in [0.1, 0.15) is 6.10 Å². The summed E-state index contributed by atoms with van der Waals surface area (Å²) < 4.78 is 5.71. The maximum absolute atomic E-state index is 11.5. The summed E-state index contributed by atoms with van der Waals surface area (Å²) in [5.74, 6) is 1.82. The van der Waals surface area contributed by atoms with Crippen LogP contribution < -0.4 is 0 Å². The second-order valence-corrected chi connectivity index (χ2v) is 9.59. The van der Waals surface area contributed by atoms with E-state index in [1.165, 1.54) is 19.3 Å². The lowest BCUT2D eigenvalue weighted by atomic mass is 9.47. The highest BCUT2D eigenvalue weighted by molar-refractivity contribution is 5.66. The van der Waals surface area contributed by atoms with E-state index in [1.807, 2.05) is 0 Å². The molecule has 4 unspecified atom stereocenters. The zero-order valence-electron chi connectivity index (χ0n) is 16.3. The molecule has 0 aromatic rings. The monoisotopic (exact) mass is 330 g/mol. The molecule has 0 aliphatic heterocycles. The summed E-state index contributed by atoms with van der Waals surface area (Å²) in [7, 11) is 0. The minimum absolute atomic E-state index is 0.0774. The van der Waals surface area contributed by atoms with Crippen LogP contribution in [-0.2, 0) is 9.53 Å². The maximum Gasteiger partial charge on any atom is 0.302 e. The molecular formula is C22H34O2. The van der Waals surface area contributed by atoms with Crippen molar-refractivity contribution in [2.45, 2.75) is 79.8 Å². The van der Waals surface area contributed by atoms with E-state index < -0.39 is 0 Å². The van der Waals surface area contributed by atoms with Crippen molar-refractivity contribution < 1.29 is 9.53 Å². The van der Waals surface area contributed by atoms with E-state index in [1.54, 1.807) is 18.1 Å². The van der Waals surface area contributed by atoms with Crippen LogP contribution in [0, 0.1) is 28.6 Å². The van der Waals surface area contributed by atoms with Crippen molar-refractivity contribution in [1.29, 1.82) is 0 Å². The first-order valence-corrected chi connectivity index (χ1v) is 9.71. The highest BCUT2D eigenvalue weighted by Crippen LogP contribution is 2.62. The molecule has 3 aliphatic carbocycles. The predicted molar refractivity (Wildman–Crippen MR) is 98.5 cm³/mol. The zero-order chi connectivity index (χ0) is 17.7. The van der Waals surface area contributed by atoms with Crippen molar-refractivity contribution >= 4 is 5.97 Å². The molecule has 3 aliphatic rings. The maximum atomic E-state index is 11.5. The van der Waals surface area contributed by atoms with E-state index in [4.69, 9.17) is 4.74 Å². The van der Waals surface area contributed by atoms with Crippen LogP contribution in [0.4, 0.5) is 0 Å². The van der Waals surface area contributed by atoms with Gasteiger partial charge in [-0.25, -0.2) is 0 Å². The molecule has 0 spiro atoms. The molecule has 0 heterocycles. The van der Waals surface area contributed by atoms with Gasteiger partial charge in [0.05, 0.1) is 0 Å². The summed E-state index contributed by atoms with van der Waals surface area (Å²) in [6.07, 6.45) is 10.8. The zero-order valence-corrected chi connectivity index (χ0v) is 16.3. The van der Waals surface area contributed by atoms with Crippen LogP contribution in [0.25, 0.3) is 0 Å². The fourth-order valence-electron chi connectivity index (χ4n) is 6.10. The molecule has 0 N–H and O–H groups in total. The quantitative estimate of drug-likeness (QED) is 0.609. The molecule has 4 atom stereocenters. The van der Waals surface area contributed by atoms with Crippen LogP contribution in [0.3, 0.4) is 0 Å². The molecule has 3 rings (SSSR count). The Hall–Kier alpha value is -1.05. The lowest BCUT2D eigenvalue weighted by Crippen LogP contribution is -2.53. The van der Waals surface area contributed by atoms with Crippen molar-refractivity contribution in [2.24, 2.45) is 28.6 Å². The molecule has 0 amide bonds. The Morgan fingerprint density at radius 3 is 2.58 bits per heavy atom. The average molecular weight is 331 g/mol. The van der Waals surface area contributed by atoms with Gasteiger partial charge in [-0.2, -0.15) is 0 Å². The van der Waals surface area contributed by atoms with E-state index in [0.717, 1.165) is 12.8 Å². The van der Waals surface area contributed by atoms with Gasteiger partial charge in [-0.1, -0.05) is 52.3 Å². The average Bonchev–Trinajstić information content (AvgIpc) is 2.44. The van der Waals surface area contributed by atoms with E-state index in [0.29, 0.717) is 17.8 Å². The van der Waals surface area contributed by atoms with Crippen molar-refractivity contribution in [2.75, 3.05) is 0 Å². The highest BCUT2D eigenvalue weighted by atomic mass is 16.5. The van der Waals surface area contributed by atoms with E-state index in [9.17, 15) is 4.79 Å². The summed E-state index contributed by atoms with van der Waals surface area (Å²) in [6, 6.07) is 0. The fourth-order valence-corrected chi connectivity index (χ4v) is 6.10. The van der Waals surface area contributed by atoms with Gasteiger partial charge in [-0.05, 0) is 66.3 Å². The molecule has 0 aromatic heterocycles. The smallest absolute Gasteiger partial charge is 0.302 e. The van der Waals surface area contributed by atoms with Gasteiger partial charge >= 0.3 is 5.97 Å². The minimum Gasteiger partial charge on any atom is -0.463 e. The second-order valence-electron chi connectivity index (χ2n) is 9.59. The molecule has 0 aromatic carbocycles. The second kappa shape index (κ2) is 6.04. The highest BCUT2D eigenvalue weighted by Gasteiger charge is 2.55. The summed E-state index contributed by atoms with van der Waals surface area (Å²) in [5.41, 5.74) is 3.62. The Labute approximate surface area is 147 Å². The molecule has 1 fully saturated rings. The third-order valence-electron chi connectivity index (χ3n) is 7.10. The standard InChI is InChI=1S/C22H34O2/c1-14(2)16-7-9-19-17(11-16)8-10-20-21(4,5)12-18(24-15(3)23)13-22(19,20)6/h8,11,14,18-20H,7,9-10,12-13H2,1-6H3. The minimum atomic E-state index is -0.130.